The van der Waals surface area contributed by atoms with Crippen LogP contribution in [0.2, 0.25) is 0 Å². The van der Waals surface area contributed by atoms with Gasteiger partial charge in [0.25, 0.3) is 0 Å². The summed E-state index contributed by atoms with van der Waals surface area (Å²) in [6.07, 6.45) is 0.361. The summed E-state index contributed by atoms with van der Waals surface area (Å²) in [5.74, 6) is -0.977. The smallest absolute Gasteiger partial charge is 0.305 e. The molecule has 0 atom stereocenters. The van der Waals surface area contributed by atoms with Crippen molar-refractivity contribution in [2.75, 3.05) is 39.8 Å². The summed E-state index contributed by atoms with van der Waals surface area (Å²) >= 11 is 0. The van der Waals surface area contributed by atoms with Gasteiger partial charge in [-0.2, -0.15) is 0 Å². The van der Waals surface area contributed by atoms with Gasteiger partial charge in [-0.05, 0) is 20.9 Å². The van der Waals surface area contributed by atoms with Crippen LogP contribution in [0.25, 0.3) is 0 Å². The molecule has 1 saturated heterocycles. The van der Waals surface area contributed by atoms with E-state index in [0.717, 1.165) is 32.7 Å². The Bertz CT molecular complexity index is 323. The molecular weight excluding hydrogens is 246 g/mol. The number of carbonyl (C=O) groups is 2. The first-order valence-corrected chi connectivity index (χ1v) is 6.72. The highest BCUT2D eigenvalue weighted by Gasteiger charge is 2.24. The van der Waals surface area contributed by atoms with Gasteiger partial charge in [0.05, 0.1) is 6.42 Å². The van der Waals surface area contributed by atoms with E-state index >= 15 is 0 Å². The highest BCUT2D eigenvalue weighted by Crippen LogP contribution is 2.08. The summed E-state index contributed by atoms with van der Waals surface area (Å²) in [5, 5.41) is 11.5. The quantitative estimate of drug-likeness (QED) is 0.711. The third-order valence-corrected chi connectivity index (χ3v) is 3.32. The highest BCUT2D eigenvalue weighted by molar-refractivity contribution is 5.78. The zero-order valence-electron chi connectivity index (χ0n) is 12.1. The molecule has 1 rings (SSSR count). The molecule has 6 heteroatoms. The van der Waals surface area contributed by atoms with Crippen molar-refractivity contribution in [2.45, 2.75) is 32.2 Å². The fraction of sp³-hybridized carbons (Fsp3) is 0.846. The van der Waals surface area contributed by atoms with Crippen LogP contribution in [-0.4, -0.2) is 72.1 Å². The number of likely N-dealkylation sites (N-methyl/N-ethyl adjacent to an activating group) is 1. The number of nitrogens with one attached hydrogen (secondary N) is 1. The molecule has 1 heterocycles. The Morgan fingerprint density at radius 3 is 2.32 bits per heavy atom. The summed E-state index contributed by atoms with van der Waals surface area (Å²) in [6, 6.07) is 0. The number of nitrogens with zero attached hydrogens (tertiary/aromatic N) is 2. The van der Waals surface area contributed by atoms with Crippen LogP contribution in [0.5, 0.6) is 0 Å². The van der Waals surface area contributed by atoms with Crippen LogP contribution < -0.4 is 5.32 Å². The third kappa shape index (κ3) is 6.54. The Labute approximate surface area is 114 Å². The van der Waals surface area contributed by atoms with Crippen LogP contribution in [0.15, 0.2) is 0 Å². The topological polar surface area (TPSA) is 72.9 Å². The first-order chi connectivity index (χ1) is 8.78. The van der Waals surface area contributed by atoms with Crippen LogP contribution in [0, 0.1) is 0 Å². The Morgan fingerprint density at radius 1 is 1.21 bits per heavy atom. The molecule has 1 aliphatic heterocycles. The van der Waals surface area contributed by atoms with E-state index in [0.29, 0.717) is 6.42 Å². The second-order valence-corrected chi connectivity index (χ2v) is 5.90. The van der Waals surface area contributed by atoms with E-state index in [4.69, 9.17) is 5.11 Å². The normalized spacial score (nSPS) is 18.3. The van der Waals surface area contributed by atoms with Gasteiger partial charge in [-0.25, -0.2) is 0 Å². The van der Waals surface area contributed by atoms with E-state index in [9.17, 15) is 9.59 Å². The van der Waals surface area contributed by atoms with Crippen LogP contribution in [-0.2, 0) is 9.59 Å². The molecule has 0 aliphatic carbocycles. The van der Waals surface area contributed by atoms with Crippen LogP contribution in [0.3, 0.4) is 0 Å². The fourth-order valence-electron chi connectivity index (χ4n) is 2.19. The number of aliphatic carboxylic acids is 1. The maximum absolute atomic E-state index is 11.8. The van der Waals surface area contributed by atoms with Crippen molar-refractivity contribution in [1.82, 2.24) is 15.1 Å². The van der Waals surface area contributed by atoms with E-state index in [1.807, 2.05) is 0 Å². The average molecular weight is 271 g/mol. The van der Waals surface area contributed by atoms with Crippen molar-refractivity contribution >= 4 is 11.9 Å². The lowest BCUT2D eigenvalue weighted by Gasteiger charge is -2.32. The minimum atomic E-state index is -0.899. The molecule has 0 unspecified atom stereocenters. The Hall–Kier alpha value is -1.14. The second kappa shape index (κ2) is 6.86. The summed E-state index contributed by atoms with van der Waals surface area (Å²) in [4.78, 5) is 27.0. The Kier molecular flexibility index (Phi) is 5.75. The van der Waals surface area contributed by atoms with E-state index in [1.54, 1.807) is 13.8 Å². The molecule has 1 fully saturated rings. The summed E-state index contributed by atoms with van der Waals surface area (Å²) in [5.41, 5.74) is -0.689. The number of piperazine rings is 1. The molecule has 0 spiro atoms. The van der Waals surface area contributed by atoms with Gasteiger partial charge < -0.3 is 20.2 Å². The van der Waals surface area contributed by atoms with Crippen molar-refractivity contribution < 1.29 is 14.7 Å². The van der Waals surface area contributed by atoms with Gasteiger partial charge in [-0.15, -0.1) is 0 Å². The van der Waals surface area contributed by atoms with Crippen LogP contribution in [0.1, 0.15) is 26.7 Å². The minimum Gasteiger partial charge on any atom is -0.481 e. The number of carboxylic acid groups (broad SMARTS) is 1. The van der Waals surface area contributed by atoms with E-state index in [2.05, 4.69) is 22.2 Å². The fourth-order valence-corrected chi connectivity index (χ4v) is 2.19. The van der Waals surface area contributed by atoms with Gasteiger partial charge in [-0.3, -0.25) is 9.59 Å². The van der Waals surface area contributed by atoms with Crippen molar-refractivity contribution in [3.63, 3.8) is 0 Å². The average Bonchev–Trinajstić information content (AvgIpc) is 2.25. The van der Waals surface area contributed by atoms with E-state index in [1.165, 1.54) is 0 Å². The lowest BCUT2D eigenvalue weighted by molar-refractivity contribution is -0.138. The van der Waals surface area contributed by atoms with Crippen LogP contribution in [0.4, 0.5) is 0 Å². The van der Waals surface area contributed by atoms with Gasteiger partial charge >= 0.3 is 5.97 Å². The van der Waals surface area contributed by atoms with Crippen LogP contribution >= 0.6 is 0 Å². The zero-order chi connectivity index (χ0) is 14.5. The molecule has 0 bridgehead atoms. The van der Waals surface area contributed by atoms with E-state index < -0.39 is 11.5 Å². The molecule has 0 saturated carbocycles. The SMILES string of the molecule is CN1CCN(CCC(=O)NC(C)(C)CC(=O)O)CC1. The summed E-state index contributed by atoms with van der Waals surface area (Å²) < 4.78 is 0. The second-order valence-electron chi connectivity index (χ2n) is 5.90. The zero-order valence-corrected chi connectivity index (χ0v) is 12.1. The molecule has 110 valence electrons. The van der Waals surface area contributed by atoms with Gasteiger partial charge in [0.1, 0.15) is 0 Å². The number of hydrogen-bond donors (Lipinski definition) is 2. The molecule has 0 radical (unpaired) electrons. The van der Waals surface area contributed by atoms with Gasteiger partial charge in [0, 0.05) is 44.7 Å². The maximum atomic E-state index is 11.8. The summed E-state index contributed by atoms with van der Waals surface area (Å²) in [7, 11) is 2.10. The van der Waals surface area contributed by atoms with Crippen molar-refractivity contribution in [2.24, 2.45) is 0 Å². The number of rotatable bonds is 6. The maximum Gasteiger partial charge on any atom is 0.305 e. The molecule has 2 N–H and O–H groups in total. The van der Waals surface area contributed by atoms with Gasteiger partial charge in [0.15, 0.2) is 0 Å². The Morgan fingerprint density at radius 2 is 1.79 bits per heavy atom. The first-order valence-electron chi connectivity index (χ1n) is 6.72. The lowest BCUT2D eigenvalue weighted by atomic mass is 10.0. The highest BCUT2D eigenvalue weighted by atomic mass is 16.4. The molecule has 6 nitrogen and oxygen atoms in total. The standard InChI is InChI=1S/C13H25N3O3/c1-13(2,10-12(18)19)14-11(17)4-5-16-8-6-15(3)7-9-16/h4-10H2,1-3H3,(H,14,17)(H,18,19). The minimum absolute atomic E-state index is 0.0623. The Balaban J connectivity index is 2.26. The molecule has 0 aromatic heterocycles. The predicted molar refractivity (Wildman–Crippen MR) is 73.0 cm³/mol. The molecule has 0 aromatic carbocycles. The van der Waals surface area contributed by atoms with Gasteiger partial charge in [-0.1, -0.05) is 0 Å². The van der Waals surface area contributed by atoms with Crippen molar-refractivity contribution in [3.8, 4) is 0 Å². The summed E-state index contributed by atoms with van der Waals surface area (Å²) in [6.45, 7) is 8.25. The monoisotopic (exact) mass is 271 g/mol. The first kappa shape index (κ1) is 15.9. The molecule has 1 aliphatic rings. The van der Waals surface area contributed by atoms with Crippen molar-refractivity contribution in [3.05, 3.63) is 0 Å². The third-order valence-electron chi connectivity index (χ3n) is 3.32. The molecule has 0 aromatic rings. The number of carboxylic acids is 1. The number of hydrogen-bond acceptors (Lipinski definition) is 4. The van der Waals surface area contributed by atoms with Crippen molar-refractivity contribution in [1.29, 1.82) is 0 Å². The molecule has 19 heavy (non-hydrogen) atoms. The lowest BCUT2D eigenvalue weighted by Crippen LogP contribution is -2.48. The number of carbonyl (C=O) groups excluding carboxylic acids is 1. The predicted octanol–water partition coefficient (Wildman–Crippen LogP) is -0.00660. The molecular formula is C13H25N3O3. The molecule has 1 amide bonds. The van der Waals surface area contributed by atoms with Gasteiger partial charge in [0.2, 0.25) is 5.91 Å². The van der Waals surface area contributed by atoms with E-state index in [-0.39, 0.29) is 12.3 Å². The largest absolute Gasteiger partial charge is 0.481 e. The number of amides is 1.